The summed E-state index contributed by atoms with van der Waals surface area (Å²) in [5.74, 6) is -1.52. The summed E-state index contributed by atoms with van der Waals surface area (Å²) in [6.07, 6.45) is 4.53. The van der Waals surface area contributed by atoms with Gasteiger partial charge in [-0.05, 0) is 32.5 Å². The summed E-state index contributed by atoms with van der Waals surface area (Å²) in [5.41, 5.74) is 0. The molecule has 5 heteroatoms. The van der Waals surface area contributed by atoms with Crippen molar-refractivity contribution < 1.29 is 19.8 Å². The number of hydrogen-bond acceptors (Lipinski definition) is 3. The highest BCUT2D eigenvalue weighted by Gasteiger charge is 1.98. The zero-order valence-corrected chi connectivity index (χ0v) is 13.2. The molecular formula is C15H31NO4. The first-order valence-corrected chi connectivity index (χ1v) is 7.63. The standard InChI is InChI=1S/C9H16O4.C6H15N/c10-8(11)6-4-2-1-3-5-7-9(12)13;1-4-7(5-2)6-3/h1-7H2,(H,10,11)(H,12,13);4-6H2,1-3H3. The molecule has 20 heavy (non-hydrogen) atoms. The van der Waals surface area contributed by atoms with E-state index in [4.69, 9.17) is 10.2 Å². The van der Waals surface area contributed by atoms with Crippen LogP contribution in [0, 0.1) is 0 Å². The SMILES string of the molecule is CCN(CC)CC.O=C(O)CCCCCCCC(=O)O. The normalized spacial score (nSPS) is 10.0. The van der Waals surface area contributed by atoms with Crippen LogP contribution in [0.1, 0.15) is 65.7 Å². The smallest absolute Gasteiger partial charge is 0.303 e. The second-order valence-corrected chi connectivity index (χ2v) is 4.67. The lowest BCUT2D eigenvalue weighted by atomic mass is 10.1. The zero-order chi connectivity index (χ0) is 15.8. The van der Waals surface area contributed by atoms with Crippen LogP contribution in [0.5, 0.6) is 0 Å². The molecule has 0 saturated heterocycles. The zero-order valence-electron chi connectivity index (χ0n) is 13.2. The maximum Gasteiger partial charge on any atom is 0.303 e. The molecule has 0 saturated carbocycles. The molecule has 0 aromatic carbocycles. The minimum Gasteiger partial charge on any atom is -0.481 e. The molecule has 0 aliphatic rings. The summed E-state index contributed by atoms with van der Waals surface area (Å²) in [6.45, 7) is 10.1. The van der Waals surface area contributed by atoms with Crippen LogP contribution in [0.4, 0.5) is 0 Å². The quantitative estimate of drug-likeness (QED) is 0.571. The van der Waals surface area contributed by atoms with Gasteiger partial charge in [0.15, 0.2) is 0 Å². The van der Waals surface area contributed by atoms with Gasteiger partial charge in [0.25, 0.3) is 0 Å². The van der Waals surface area contributed by atoms with Crippen LogP contribution >= 0.6 is 0 Å². The number of carbonyl (C=O) groups is 2. The Kier molecular flexibility index (Phi) is 16.9. The van der Waals surface area contributed by atoms with Gasteiger partial charge < -0.3 is 15.1 Å². The van der Waals surface area contributed by atoms with Crippen molar-refractivity contribution in [3.63, 3.8) is 0 Å². The molecule has 120 valence electrons. The number of aliphatic carboxylic acids is 2. The third-order valence-corrected chi connectivity index (χ3v) is 3.12. The summed E-state index contributed by atoms with van der Waals surface area (Å²) >= 11 is 0. The number of unbranched alkanes of at least 4 members (excludes halogenated alkanes) is 4. The average molecular weight is 289 g/mol. The molecule has 0 fully saturated rings. The van der Waals surface area contributed by atoms with Crippen LogP contribution in [-0.4, -0.2) is 46.7 Å². The Hall–Kier alpha value is -1.10. The maximum atomic E-state index is 10.1. The molecule has 0 radical (unpaired) electrons. The first-order valence-electron chi connectivity index (χ1n) is 7.63. The van der Waals surface area contributed by atoms with E-state index < -0.39 is 11.9 Å². The van der Waals surface area contributed by atoms with E-state index in [0.717, 1.165) is 19.3 Å². The number of carboxylic acids is 2. The molecule has 0 rings (SSSR count). The van der Waals surface area contributed by atoms with Crippen molar-refractivity contribution in [2.75, 3.05) is 19.6 Å². The lowest BCUT2D eigenvalue weighted by molar-refractivity contribution is -0.138. The van der Waals surface area contributed by atoms with E-state index in [-0.39, 0.29) is 12.8 Å². The highest BCUT2D eigenvalue weighted by Crippen LogP contribution is 2.06. The van der Waals surface area contributed by atoms with Crippen molar-refractivity contribution in [2.24, 2.45) is 0 Å². The van der Waals surface area contributed by atoms with E-state index in [2.05, 4.69) is 25.7 Å². The highest BCUT2D eigenvalue weighted by molar-refractivity contribution is 5.66. The second kappa shape index (κ2) is 16.0. The van der Waals surface area contributed by atoms with Gasteiger partial charge in [-0.3, -0.25) is 9.59 Å². The van der Waals surface area contributed by atoms with E-state index in [9.17, 15) is 9.59 Å². The summed E-state index contributed by atoms with van der Waals surface area (Å²) < 4.78 is 0. The van der Waals surface area contributed by atoms with Gasteiger partial charge >= 0.3 is 11.9 Å². The van der Waals surface area contributed by atoms with Crippen molar-refractivity contribution >= 4 is 11.9 Å². The average Bonchev–Trinajstić information content (AvgIpc) is 2.40. The number of carboxylic acid groups (broad SMARTS) is 2. The molecule has 0 aromatic heterocycles. The molecule has 0 spiro atoms. The van der Waals surface area contributed by atoms with Crippen molar-refractivity contribution in [2.45, 2.75) is 65.7 Å². The van der Waals surface area contributed by atoms with E-state index in [0.29, 0.717) is 12.8 Å². The Bertz CT molecular complexity index is 217. The molecule has 0 aliphatic carbocycles. The Morgan fingerprint density at radius 3 is 1.20 bits per heavy atom. The molecule has 0 atom stereocenters. The fraction of sp³-hybridized carbons (Fsp3) is 0.867. The number of rotatable bonds is 11. The second-order valence-electron chi connectivity index (χ2n) is 4.67. The van der Waals surface area contributed by atoms with Crippen LogP contribution in [0.2, 0.25) is 0 Å². The van der Waals surface area contributed by atoms with Crippen molar-refractivity contribution in [3.8, 4) is 0 Å². The van der Waals surface area contributed by atoms with Crippen molar-refractivity contribution in [3.05, 3.63) is 0 Å². The van der Waals surface area contributed by atoms with Gasteiger partial charge in [0.05, 0.1) is 0 Å². The molecular weight excluding hydrogens is 258 g/mol. The molecule has 0 aliphatic heterocycles. The predicted octanol–water partition coefficient (Wildman–Crippen LogP) is 3.23. The summed E-state index contributed by atoms with van der Waals surface area (Å²) in [7, 11) is 0. The lowest BCUT2D eigenvalue weighted by Gasteiger charge is -2.13. The van der Waals surface area contributed by atoms with E-state index in [1.807, 2.05) is 0 Å². The van der Waals surface area contributed by atoms with Gasteiger partial charge in [0.2, 0.25) is 0 Å². The van der Waals surface area contributed by atoms with Crippen molar-refractivity contribution in [1.29, 1.82) is 0 Å². The molecule has 0 aromatic rings. The molecule has 0 unspecified atom stereocenters. The minimum atomic E-state index is -0.759. The largest absolute Gasteiger partial charge is 0.481 e. The van der Waals surface area contributed by atoms with E-state index in [1.54, 1.807) is 0 Å². The fourth-order valence-corrected chi connectivity index (χ4v) is 1.75. The molecule has 5 nitrogen and oxygen atoms in total. The monoisotopic (exact) mass is 289 g/mol. The minimum absolute atomic E-state index is 0.221. The Morgan fingerprint density at radius 1 is 0.700 bits per heavy atom. The first kappa shape index (κ1) is 21.2. The Labute approximate surface area is 123 Å². The van der Waals surface area contributed by atoms with Gasteiger partial charge in [0.1, 0.15) is 0 Å². The predicted molar refractivity (Wildman–Crippen MR) is 81.1 cm³/mol. The van der Waals surface area contributed by atoms with Crippen LogP contribution < -0.4 is 0 Å². The van der Waals surface area contributed by atoms with Gasteiger partial charge in [-0.1, -0.05) is 40.0 Å². The van der Waals surface area contributed by atoms with E-state index >= 15 is 0 Å². The van der Waals surface area contributed by atoms with Gasteiger partial charge in [0, 0.05) is 12.8 Å². The summed E-state index contributed by atoms with van der Waals surface area (Å²) in [6, 6.07) is 0. The van der Waals surface area contributed by atoms with Crippen LogP contribution in [0.15, 0.2) is 0 Å². The highest BCUT2D eigenvalue weighted by atomic mass is 16.4. The fourth-order valence-electron chi connectivity index (χ4n) is 1.75. The third kappa shape index (κ3) is 19.2. The Balaban J connectivity index is 0. The maximum absolute atomic E-state index is 10.1. The molecule has 0 amide bonds. The van der Waals surface area contributed by atoms with Crippen LogP contribution in [0.3, 0.4) is 0 Å². The Morgan fingerprint density at radius 2 is 1.00 bits per heavy atom. The molecule has 2 N–H and O–H groups in total. The molecule has 0 heterocycles. The van der Waals surface area contributed by atoms with Crippen LogP contribution in [-0.2, 0) is 9.59 Å². The first-order chi connectivity index (χ1) is 9.47. The molecule has 0 bridgehead atoms. The topological polar surface area (TPSA) is 77.8 Å². The third-order valence-electron chi connectivity index (χ3n) is 3.12. The van der Waals surface area contributed by atoms with Gasteiger partial charge in [-0.15, -0.1) is 0 Å². The van der Waals surface area contributed by atoms with Crippen molar-refractivity contribution in [1.82, 2.24) is 4.90 Å². The number of hydrogen-bond donors (Lipinski definition) is 2. The van der Waals surface area contributed by atoms with Gasteiger partial charge in [-0.2, -0.15) is 0 Å². The lowest BCUT2D eigenvalue weighted by Crippen LogP contribution is -2.21. The van der Waals surface area contributed by atoms with Gasteiger partial charge in [-0.25, -0.2) is 0 Å². The van der Waals surface area contributed by atoms with Crippen LogP contribution in [0.25, 0.3) is 0 Å². The van der Waals surface area contributed by atoms with E-state index in [1.165, 1.54) is 19.6 Å². The number of nitrogens with zero attached hydrogens (tertiary/aromatic N) is 1. The summed E-state index contributed by atoms with van der Waals surface area (Å²) in [5, 5.41) is 16.6. The summed E-state index contributed by atoms with van der Waals surface area (Å²) in [4.78, 5) is 22.6.